The fourth-order valence-corrected chi connectivity index (χ4v) is 7.09. The minimum atomic E-state index is -5.67. The average Bonchev–Trinajstić information content (AvgIpc) is 3.20. The molecule has 324 valence electrons. The molecular weight excluding hydrogens is 894 g/mol. The Morgan fingerprint density at radius 1 is 0.508 bits per heavy atom. The predicted octanol–water partition coefficient (Wildman–Crippen LogP) is 6.74. The van der Waals surface area contributed by atoms with Crippen LogP contribution >= 0.6 is 0 Å². The molecule has 0 aliphatic rings. The second-order valence-corrected chi connectivity index (χ2v) is 16.6. The molecule has 0 aliphatic heterocycles. The van der Waals surface area contributed by atoms with Crippen LogP contribution in [0.25, 0.3) is 0 Å². The fraction of sp³-hybridized carbons (Fsp3) is 0.0556. The second-order valence-electron chi connectivity index (χ2n) is 11.5. The van der Waals surface area contributed by atoms with Gasteiger partial charge in [0.1, 0.15) is 23.0 Å². The number of methoxy groups -OCH3 is 2. The van der Waals surface area contributed by atoms with E-state index in [4.69, 9.17) is 17.9 Å². The molecule has 0 saturated carbocycles. The molecule has 2 aromatic heterocycles. The van der Waals surface area contributed by atoms with Crippen LogP contribution in [0.1, 0.15) is 0 Å². The summed E-state index contributed by atoms with van der Waals surface area (Å²) < 4.78 is 140. The van der Waals surface area contributed by atoms with Gasteiger partial charge >= 0.3 is 21.1 Å². The summed E-state index contributed by atoms with van der Waals surface area (Å²) in [5, 5.41) is 15.3. The Morgan fingerprint density at radius 2 is 0.852 bits per heavy atom. The van der Waals surface area contributed by atoms with Gasteiger partial charge in [0.2, 0.25) is 0 Å². The van der Waals surface area contributed by atoms with Crippen molar-refractivity contribution in [1.29, 1.82) is 0 Å². The number of pyridine rings is 2. The Labute approximate surface area is 349 Å². The first-order chi connectivity index (χ1) is 28.6. The molecule has 4 aromatic carbocycles. The van der Waals surface area contributed by atoms with Gasteiger partial charge < -0.3 is 29.4 Å². The van der Waals surface area contributed by atoms with E-state index in [1.54, 1.807) is 48.7 Å². The average molecular weight is 927 g/mol. The maximum Gasteiger partial charge on any atom is 0.488 e. The normalized spacial score (nSPS) is 11.3. The van der Waals surface area contributed by atoms with Gasteiger partial charge in [0, 0.05) is 23.8 Å². The monoisotopic (exact) mass is 926 g/mol. The Hall–Kier alpha value is -6.83. The van der Waals surface area contributed by atoms with E-state index in [1.165, 1.54) is 99.3 Å². The van der Waals surface area contributed by atoms with Crippen LogP contribution in [0.5, 0.6) is 23.0 Å². The van der Waals surface area contributed by atoms with Crippen LogP contribution < -0.4 is 33.7 Å². The molecule has 0 atom stereocenters. The number of phenolic OH excluding ortho intramolecular Hbond substituents is 1. The summed E-state index contributed by atoms with van der Waals surface area (Å²) in [6, 6.07) is 29.9. The van der Waals surface area contributed by atoms with E-state index in [0.717, 1.165) is 0 Å². The molecule has 5 N–H and O–H groups in total. The minimum absolute atomic E-state index is 0.0343. The van der Waals surface area contributed by atoms with Crippen molar-refractivity contribution < 1.29 is 64.1 Å². The van der Waals surface area contributed by atoms with Crippen molar-refractivity contribution in [3.8, 4) is 23.0 Å². The summed E-state index contributed by atoms with van der Waals surface area (Å²) >= 11 is 0. The SMILES string of the molecule is COc1ccc(S(=O)(=O)Nc2cccnc2Nc2ccc(O)cc2)cc1.COc1ccc(S(=O)(=O)Nc2cccnc2Nc2ccc(OS(=O)(=O)F)cc2)cc1.O=S(=O)(F)F. The molecule has 0 saturated heterocycles. The van der Waals surface area contributed by atoms with Crippen molar-refractivity contribution in [1.82, 2.24) is 9.97 Å². The molecule has 18 nitrogen and oxygen atoms in total. The lowest BCUT2D eigenvalue weighted by Crippen LogP contribution is -2.14. The van der Waals surface area contributed by atoms with Crippen LogP contribution in [-0.2, 0) is 41.2 Å². The third-order valence-electron chi connectivity index (χ3n) is 7.29. The van der Waals surface area contributed by atoms with Crippen LogP contribution in [0, 0.1) is 0 Å². The van der Waals surface area contributed by atoms with Crippen LogP contribution in [0.2, 0.25) is 0 Å². The van der Waals surface area contributed by atoms with Gasteiger partial charge in [0.05, 0.1) is 35.4 Å². The first kappa shape index (κ1) is 46.9. The molecule has 0 aliphatic carbocycles. The van der Waals surface area contributed by atoms with Crippen LogP contribution in [-0.4, -0.2) is 63.0 Å². The van der Waals surface area contributed by atoms with Crippen molar-refractivity contribution in [2.24, 2.45) is 0 Å². The van der Waals surface area contributed by atoms with E-state index in [-0.39, 0.29) is 32.8 Å². The third-order valence-corrected chi connectivity index (χ3v) is 10.4. The molecule has 0 unspecified atom stereocenters. The number of aromatic nitrogens is 2. The van der Waals surface area contributed by atoms with Gasteiger partial charge in [-0.1, -0.05) is 11.7 Å². The van der Waals surface area contributed by atoms with Gasteiger partial charge in [0.15, 0.2) is 11.6 Å². The topological polar surface area (TPSA) is 258 Å². The molecule has 25 heteroatoms. The number of halogens is 3. The number of anilines is 6. The number of nitrogens with one attached hydrogen (secondary N) is 4. The summed E-state index contributed by atoms with van der Waals surface area (Å²) in [6.45, 7) is 0. The molecule has 0 radical (unpaired) electrons. The zero-order chi connectivity index (χ0) is 44.8. The lowest BCUT2D eigenvalue weighted by atomic mass is 10.3. The summed E-state index contributed by atoms with van der Waals surface area (Å²) in [5.74, 6) is 1.55. The Balaban J connectivity index is 0.000000244. The first-order valence-electron chi connectivity index (χ1n) is 16.6. The number of aromatic hydroxyl groups is 1. The van der Waals surface area contributed by atoms with Gasteiger partial charge in [-0.3, -0.25) is 9.44 Å². The van der Waals surface area contributed by atoms with Crippen molar-refractivity contribution >= 4 is 75.5 Å². The standard InChI is InChI=1S/C18H16FN3O6S2.C18H17N3O4S.F2O2S/c1-27-14-8-10-16(11-9-14)29(23,24)22-17-3-2-12-20-18(17)21-13-4-6-15(7-5-13)28-30(19,25)26;1-25-15-8-10-16(11-9-15)26(23,24)21-17-3-2-12-19-18(17)20-13-4-6-14(22)7-5-13;1-5(2,3)4/h2-12,22H,1H3,(H,20,21);2-12,21-22H,1H3,(H,19,20);. The van der Waals surface area contributed by atoms with Crippen LogP contribution in [0.3, 0.4) is 0 Å². The summed E-state index contributed by atoms with van der Waals surface area (Å²) in [4.78, 5) is 8.44. The van der Waals surface area contributed by atoms with Gasteiger partial charge in [-0.15, -0.1) is 0 Å². The number of hydrogen-bond donors (Lipinski definition) is 5. The van der Waals surface area contributed by atoms with Crippen molar-refractivity contribution in [2.75, 3.05) is 34.3 Å². The largest absolute Gasteiger partial charge is 0.508 e. The lowest BCUT2D eigenvalue weighted by molar-refractivity contribution is 0.414. The number of benzene rings is 4. The van der Waals surface area contributed by atoms with Crippen molar-refractivity contribution in [2.45, 2.75) is 9.79 Å². The molecule has 0 spiro atoms. The van der Waals surface area contributed by atoms with E-state index in [9.17, 15) is 42.0 Å². The Kier molecular flexibility index (Phi) is 15.7. The highest BCUT2D eigenvalue weighted by Gasteiger charge is 2.19. The van der Waals surface area contributed by atoms with E-state index >= 15 is 0 Å². The molecule has 2 heterocycles. The minimum Gasteiger partial charge on any atom is -0.508 e. The lowest BCUT2D eigenvalue weighted by Gasteiger charge is -2.13. The number of hydrogen-bond acceptors (Lipinski definition) is 16. The number of ether oxygens (including phenoxy) is 2. The molecule has 0 fully saturated rings. The van der Waals surface area contributed by atoms with E-state index < -0.39 is 41.2 Å². The van der Waals surface area contributed by atoms with Crippen LogP contribution in [0.15, 0.2) is 144 Å². The molecule has 6 aromatic rings. The van der Waals surface area contributed by atoms with Crippen molar-refractivity contribution in [3.05, 3.63) is 134 Å². The number of sulfonamides is 2. The zero-order valence-electron chi connectivity index (χ0n) is 31.3. The quantitative estimate of drug-likeness (QED) is 0.0560. The Bertz CT molecular complexity index is 2840. The van der Waals surface area contributed by atoms with E-state index in [1.807, 2.05) is 0 Å². The number of phenols is 1. The maximum absolute atomic E-state index is 12.7. The number of rotatable bonds is 14. The summed E-state index contributed by atoms with van der Waals surface area (Å²) in [5.41, 5.74) is 1.57. The molecule has 0 bridgehead atoms. The predicted molar refractivity (Wildman–Crippen MR) is 219 cm³/mol. The van der Waals surface area contributed by atoms with E-state index in [0.29, 0.717) is 34.4 Å². The molecule has 0 amide bonds. The molecular formula is C36H33F3N6O12S4. The fourth-order valence-electron chi connectivity index (χ4n) is 4.62. The molecule has 6 rings (SSSR count). The smallest absolute Gasteiger partial charge is 0.488 e. The van der Waals surface area contributed by atoms with E-state index in [2.05, 4.69) is 34.2 Å². The van der Waals surface area contributed by atoms with Gasteiger partial charge in [0.25, 0.3) is 20.0 Å². The maximum atomic E-state index is 12.7. The highest BCUT2D eigenvalue weighted by molar-refractivity contribution is 7.93. The highest BCUT2D eigenvalue weighted by atomic mass is 32.3. The first-order valence-corrected chi connectivity index (χ1v) is 22.2. The Morgan fingerprint density at radius 3 is 1.20 bits per heavy atom. The van der Waals surface area contributed by atoms with Gasteiger partial charge in [-0.05, 0) is 121 Å². The highest BCUT2D eigenvalue weighted by Crippen LogP contribution is 2.29. The summed E-state index contributed by atoms with van der Waals surface area (Å²) in [7, 11) is -15.5. The van der Waals surface area contributed by atoms with Gasteiger partial charge in [-0.25, -0.2) is 26.8 Å². The van der Waals surface area contributed by atoms with Crippen LogP contribution in [0.4, 0.5) is 46.0 Å². The zero-order valence-corrected chi connectivity index (χ0v) is 34.6. The third kappa shape index (κ3) is 15.7. The molecule has 61 heavy (non-hydrogen) atoms. The second kappa shape index (κ2) is 20.4. The van der Waals surface area contributed by atoms with Crippen molar-refractivity contribution in [3.63, 3.8) is 0 Å². The van der Waals surface area contributed by atoms with Gasteiger partial charge in [-0.2, -0.15) is 16.8 Å². The number of nitrogens with zero attached hydrogens (tertiary/aromatic N) is 2. The summed E-state index contributed by atoms with van der Waals surface area (Å²) in [6.07, 6.45) is 3.01.